The van der Waals surface area contributed by atoms with Crippen LogP contribution in [0.5, 0.6) is 0 Å². The maximum Gasteiger partial charge on any atom is 0.338 e. The fourth-order valence-corrected chi connectivity index (χ4v) is 5.47. The van der Waals surface area contributed by atoms with E-state index < -0.39 is 30.6 Å². The number of hydrogen-bond donors (Lipinski definition) is 3. The number of carbonyl (C=O) groups excluding carboxylic acids is 4. The summed E-state index contributed by atoms with van der Waals surface area (Å²) in [5, 5.41) is 11.1. The predicted molar refractivity (Wildman–Crippen MR) is 191 cm³/mol. The predicted octanol–water partition coefficient (Wildman–Crippen LogP) is 5.55. The lowest BCUT2D eigenvalue weighted by Gasteiger charge is -2.14. The highest BCUT2D eigenvalue weighted by Crippen LogP contribution is 2.30. The van der Waals surface area contributed by atoms with E-state index in [1.165, 1.54) is 12.5 Å². The number of nitrogens with two attached hydrogens (primary N) is 1. The zero-order valence-electron chi connectivity index (χ0n) is 28.2. The number of rotatable bonds is 16. The second kappa shape index (κ2) is 17.4. The van der Waals surface area contributed by atoms with Crippen molar-refractivity contribution in [2.24, 2.45) is 5.73 Å². The Kier molecular flexibility index (Phi) is 12.3. The maximum absolute atomic E-state index is 13.0. The molecule has 12 heteroatoms. The van der Waals surface area contributed by atoms with Crippen molar-refractivity contribution in [2.75, 3.05) is 13.3 Å². The van der Waals surface area contributed by atoms with Crippen molar-refractivity contribution >= 4 is 40.7 Å². The summed E-state index contributed by atoms with van der Waals surface area (Å²) in [6.45, 7) is 1.43. The highest BCUT2D eigenvalue weighted by molar-refractivity contribution is 6.04. The number of imidazole rings is 1. The van der Waals surface area contributed by atoms with Gasteiger partial charge in [-0.05, 0) is 66.8 Å². The first-order valence-electron chi connectivity index (χ1n) is 16.5. The minimum Gasteiger partial charge on any atom is -0.457 e. The van der Waals surface area contributed by atoms with E-state index in [1.807, 2.05) is 59.2 Å². The molecule has 0 aliphatic heterocycles. The number of aryl methyl sites for hydroxylation is 2. The molecule has 51 heavy (non-hydrogen) atoms. The third-order valence-electron chi connectivity index (χ3n) is 8.05. The van der Waals surface area contributed by atoms with E-state index in [1.54, 1.807) is 30.3 Å². The molecular weight excluding hydrogens is 650 g/mol. The SMILES string of the molecule is CC(=O)OCOC(=O)CCNC(=O)c1ccc2c(c1)nc(-c1ccc(C(=O)OCc3ccccc3)cc1C(=N)N)n2CCCCc1ccccc1. The number of nitrogen functional groups attached to an aromatic ring is 1. The first kappa shape index (κ1) is 36.0. The number of fused-ring (bicyclic) bond motifs is 1. The van der Waals surface area contributed by atoms with Gasteiger partial charge in [0, 0.05) is 36.7 Å². The highest BCUT2D eigenvalue weighted by Gasteiger charge is 2.21. The third-order valence-corrected chi connectivity index (χ3v) is 8.05. The molecule has 1 amide bonds. The van der Waals surface area contributed by atoms with Crippen LogP contribution in [0.1, 0.15) is 63.6 Å². The summed E-state index contributed by atoms with van der Waals surface area (Å²) < 4.78 is 16.9. The molecular formula is C39H39N5O7. The van der Waals surface area contributed by atoms with Crippen LogP contribution < -0.4 is 11.1 Å². The number of ether oxygens (including phenoxy) is 3. The fourth-order valence-electron chi connectivity index (χ4n) is 5.47. The molecule has 1 heterocycles. The van der Waals surface area contributed by atoms with Gasteiger partial charge < -0.3 is 29.8 Å². The molecule has 0 atom stereocenters. The van der Waals surface area contributed by atoms with Crippen LogP contribution in [-0.4, -0.2) is 52.5 Å². The number of aromatic nitrogens is 2. The van der Waals surface area contributed by atoms with Gasteiger partial charge >= 0.3 is 17.9 Å². The Morgan fingerprint density at radius 2 is 1.53 bits per heavy atom. The Balaban J connectivity index is 1.38. The first-order chi connectivity index (χ1) is 24.7. The zero-order chi connectivity index (χ0) is 36.2. The van der Waals surface area contributed by atoms with Gasteiger partial charge in [0.15, 0.2) is 0 Å². The molecule has 0 bridgehead atoms. The van der Waals surface area contributed by atoms with Gasteiger partial charge in [0.05, 0.1) is 23.0 Å². The lowest BCUT2D eigenvalue weighted by molar-refractivity contribution is -0.165. The van der Waals surface area contributed by atoms with E-state index in [2.05, 4.69) is 22.2 Å². The average molecular weight is 690 g/mol. The summed E-state index contributed by atoms with van der Waals surface area (Å²) in [7, 11) is 0. The minimum atomic E-state index is -0.626. The van der Waals surface area contributed by atoms with Crippen LogP contribution in [-0.2, 0) is 43.4 Å². The van der Waals surface area contributed by atoms with E-state index in [-0.39, 0.29) is 31.0 Å². The Morgan fingerprint density at radius 3 is 2.24 bits per heavy atom. The molecule has 0 radical (unpaired) electrons. The second-order valence-corrected chi connectivity index (χ2v) is 11.7. The first-order valence-corrected chi connectivity index (χ1v) is 16.5. The summed E-state index contributed by atoms with van der Waals surface area (Å²) in [6, 6.07) is 29.6. The number of hydrogen-bond acceptors (Lipinski definition) is 9. The van der Waals surface area contributed by atoms with Gasteiger partial charge in [-0.3, -0.25) is 19.8 Å². The number of amidine groups is 1. The van der Waals surface area contributed by atoms with E-state index >= 15 is 0 Å². The van der Waals surface area contributed by atoms with Gasteiger partial charge in [0.25, 0.3) is 5.91 Å². The number of benzene rings is 4. The molecule has 0 unspecified atom stereocenters. The lowest BCUT2D eigenvalue weighted by atomic mass is 10.0. The molecule has 5 aromatic rings. The molecule has 4 aromatic carbocycles. The smallest absolute Gasteiger partial charge is 0.338 e. The molecule has 1 aromatic heterocycles. The van der Waals surface area contributed by atoms with Crippen LogP contribution in [0.4, 0.5) is 0 Å². The molecule has 0 saturated carbocycles. The van der Waals surface area contributed by atoms with E-state index in [4.69, 9.17) is 25.6 Å². The van der Waals surface area contributed by atoms with Gasteiger partial charge in [-0.25, -0.2) is 9.78 Å². The molecule has 0 saturated heterocycles. The Bertz CT molecular complexity index is 2030. The van der Waals surface area contributed by atoms with Crippen molar-refractivity contribution in [3.8, 4) is 11.4 Å². The third kappa shape index (κ3) is 9.88. The van der Waals surface area contributed by atoms with Gasteiger partial charge in [-0.2, -0.15) is 0 Å². The van der Waals surface area contributed by atoms with Gasteiger partial charge in [0.2, 0.25) is 6.79 Å². The summed E-state index contributed by atoms with van der Waals surface area (Å²) in [4.78, 5) is 53.6. The second-order valence-electron chi connectivity index (χ2n) is 11.7. The number of esters is 3. The summed E-state index contributed by atoms with van der Waals surface area (Å²) in [6.07, 6.45) is 2.53. The van der Waals surface area contributed by atoms with Crippen LogP contribution in [0.3, 0.4) is 0 Å². The van der Waals surface area contributed by atoms with E-state index in [0.29, 0.717) is 34.6 Å². The van der Waals surface area contributed by atoms with Crippen molar-refractivity contribution < 1.29 is 33.4 Å². The summed E-state index contributed by atoms with van der Waals surface area (Å²) >= 11 is 0. The molecule has 0 aliphatic rings. The molecule has 5 rings (SSSR count). The van der Waals surface area contributed by atoms with Crippen LogP contribution in [0.15, 0.2) is 97.1 Å². The van der Waals surface area contributed by atoms with Crippen LogP contribution in [0.25, 0.3) is 22.4 Å². The van der Waals surface area contributed by atoms with Crippen molar-refractivity contribution in [2.45, 2.75) is 45.8 Å². The van der Waals surface area contributed by atoms with Crippen molar-refractivity contribution in [3.63, 3.8) is 0 Å². The van der Waals surface area contributed by atoms with Crippen molar-refractivity contribution in [1.29, 1.82) is 5.41 Å². The number of carbonyl (C=O) groups is 4. The molecule has 12 nitrogen and oxygen atoms in total. The zero-order valence-corrected chi connectivity index (χ0v) is 28.2. The van der Waals surface area contributed by atoms with E-state index in [0.717, 1.165) is 30.3 Å². The molecule has 0 fully saturated rings. The molecule has 0 spiro atoms. The van der Waals surface area contributed by atoms with Crippen molar-refractivity contribution in [1.82, 2.24) is 14.9 Å². The monoisotopic (exact) mass is 689 g/mol. The van der Waals surface area contributed by atoms with Gasteiger partial charge in [0.1, 0.15) is 18.3 Å². The Labute approximate surface area is 295 Å². The van der Waals surface area contributed by atoms with Gasteiger partial charge in [-0.1, -0.05) is 60.7 Å². The highest BCUT2D eigenvalue weighted by atomic mass is 16.7. The Morgan fingerprint density at radius 1 is 0.824 bits per heavy atom. The number of nitrogens with zero attached hydrogens (tertiary/aromatic N) is 2. The minimum absolute atomic E-state index is 0.0129. The van der Waals surface area contributed by atoms with Crippen LogP contribution >= 0.6 is 0 Å². The number of nitrogens with one attached hydrogen (secondary N) is 2. The van der Waals surface area contributed by atoms with Crippen molar-refractivity contribution in [3.05, 3.63) is 125 Å². The standard InChI is InChI=1S/C39H39N5O7/c1-26(45)50-25-51-35(46)19-20-42-38(47)29-16-18-34-33(23-29)43-37(44(34)21-9-8-12-27-10-4-2-5-11-27)31-17-15-30(22-32(31)36(40)41)39(48)49-24-28-13-6-3-7-14-28/h2-7,10-11,13-18,22-23H,8-9,12,19-21,24-25H2,1H3,(H3,40,41)(H,42,47). The maximum atomic E-state index is 13.0. The fraction of sp³-hybridized carbons (Fsp3) is 0.231. The van der Waals surface area contributed by atoms with Gasteiger partial charge in [-0.15, -0.1) is 0 Å². The van der Waals surface area contributed by atoms with Crippen LogP contribution in [0.2, 0.25) is 0 Å². The number of amides is 1. The normalized spacial score (nSPS) is 10.8. The average Bonchev–Trinajstić information content (AvgIpc) is 3.50. The molecule has 262 valence electrons. The molecule has 0 aliphatic carbocycles. The molecule has 4 N–H and O–H groups in total. The lowest BCUT2D eigenvalue weighted by Crippen LogP contribution is -2.26. The largest absolute Gasteiger partial charge is 0.457 e. The summed E-state index contributed by atoms with van der Waals surface area (Å²) in [5.41, 5.74) is 10.9. The Hall–Kier alpha value is -6.30. The topological polar surface area (TPSA) is 176 Å². The number of unbranched alkanes of at least 4 members (excludes halogenated alkanes) is 1. The van der Waals surface area contributed by atoms with E-state index in [9.17, 15) is 19.2 Å². The quantitative estimate of drug-likeness (QED) is 0.0394. The summed E-state index contributed by atoms with van der Waals surface area (Å²) in [5.74, 6) is -1.86. The van der Waals surface area contributed by atoms with Crippen LogP contribution in [0, 0.1) is 5.41 Å².